The largest absolute Gasteiger partial charge is 0.444 e. The summed E-state index contributed by atoms with van der Waals surface area (Å²) in [6, 6.07) is 0. The number of rotatable bonds is 8. The third-order valence-electron chi connectivity index (χ3n) is 6.77. The Hall–Kier alpha value is -0.770. The normalized spacial score (nSPS) is 14.4. The highest BCUT2D eigenvalue weighted by molar-refractivity contribution is 5.67. The number of nitrogens with one attached hydrogen (secondary N) is 1. The van der Waals surface area contributed by atoms with E-state index in [-0.39, 0.29) is 27.8 Å². The predicted molar refractivity (Wildman–Crippen MR) is 108 cm³/mol. The minimum Gasteiger partial charge on any atom is -0.444 e. The highest BCUT2D eigenvalue weighted by Gasteiger charge is 2.38. The van der Waals surface area contributed by atoms with Crippen molar-refractivity contribution in [1.82, 2.24) is 5.32 Å². The fourth-order valence-electron chi connectivity index (χ4n) is 2.12. The van der Waals surface area contributed by atoms with E-state index in [2.05, 4.69) is 67.6 Å². The van der Waals surface area contributed by atoms with Crippen molar-refractivity contribution in [1.29, 1.82) is 0 Å². The van der Waals surface area contributed by atoms with E-state index in [4.69, 9.17) is 10.5 Å². The maximum atomic E-state index is 12.3. The van der Waals surface area contributed by atoms with Gasteiger partial charge in [-0.1, -0.05) is 62.3 Å². The molecule has 0 aliphatic carbocycles. The lowest BCUT2D eigenvalue weighted by Crippen LogP contribution is -2.44. The minimum atomic E-state index is -0.502. The van der Waals surface area contributed by atoms with Crippen molar-refractivity contribution in [3.05, 3.63) is 0 Å². The van der Waals surface area contributed by atoms with Crippen molar-refractivity contribution in [3.8, 4) is 0 Å². The van der Waals surface area contributed by atoms with Crippen LogP contribution in [-0.2, 0) is 4.74 Å². The molecule has 0 heterocycles. The van der Waals surface area contributed by atoms with E-state index in [1.807, 2.05) is 13.8 Å². The molecule has 0 aliphatic rings. The van der Waals surface area contributed by atoms with E-state index >= 15 is 0 Å². The van der Waals surface area contributed by atoms with Crippen LogP contribution in [0.4, 0.5) is 4.79 Å². The van der Waals surface area contributed by atoms with Crippen LogP contribution in [0.1, 0.15) is 89.0 Å². The highest BCUT2D eigenvalue weighted by Crippen LogP contribution is 2.43. The van der Waals surface area contributed by atoms with Gasteiger partial charge in [-0.25, -0.2) is 4.79 Å². The van der Waals surface area contributed by atoms with Gasteiger partial charge in [-0.15, -0.1) is 0 Å². The summed E-state index contributed by atoms with van der Waals surface area (Å²) < 4.78 is 5.71. The first-order valence-corrected chi connectivity index (χ1v) is 9.54. The van der Waals surface area contributed by atoms with E-state index in [1.54, 1.807) is 0 Å². The third kappa shape index (κ3) is 7.16. The molecule has 0 spiro atoms. The molecule has 0 aromatic heterocycles. The smallest absolute Gasteiger partial charge is 0.407 e. The second-order valence-corrected chi connectivity index (χ2v) is 11.1. The SMILES string of the molecule is CC(C)(CCC(C)(C)C(C)(C)CN)OC(=O)NCC(C)(C)C(C)(C)C. The zero-order valence-corrected chi connectivity index (χ0v) is 18.7. The number of amides is 1. The minimum absolute atomic E-state index is 0.0106. The molecular formula is C21H44N2O2. The van der Waals surface area contributed by atoms with Crippen molar-refractivity contribution in [2.45, 2.75) is 94.6 Å². The van der Waals surface area contributed by atoms with E-state index in [0.29, 0.717) is 13.1 Å². The Bertz CT molecular complexity index is 443. The summed E-state index contributed by atoms with van der Waals surface area (Å²) in [5.74, 6) is 0. The van der Waals surface area contributed by atoms with Crippen LogP contribution in [0.3, 0.4) is 0 Å². The third-order valence-corrected chi connectivity index (χ3v) is 6.77. The number of carbonyl (C=O) groups excluding carboxylic acids is 1. The standard InChI is InChI=1S/C21H44N2O2/c1-17(2,3)20(8,9)15-23-16(24)25-21(10,11)13-12-18(4,5)19(6,7)14-22/h12-15,22H2,1-11H3,(H,23,24). The Labute approximate surface area is 156 Å². The van der Waals surface area contributed by atoms with Crippen LogP contribution in [0.25, 0.3) is 0 Å². The van der Waals surface area contributed by atoms with E-state index in [1.165, 1.54) is 0 Å². The fourth-order valence-corrected chi connectivity index (χ4v) is 2.12. The van der Waals surface area contributed by atoms with Crippen molar-refractivity contribution in [3.63, 3.8) is 0 Å². The first-order chi connectivity index (χ1) is 10.9. The number of carbonyl (C=O) groups is 1. The number of hydrogen-bond acceptors (Lipinski definition) is 3. The first-order valence-electron chi connectivity index (χ1n) is 9.54. The van der Waals surface area contributed by atoms with Gasteiger partial charge in [0.15, 0.2) is 0 Å². The van der Waals surface area contributed by atoms with Crippen LogP contribution in [0, 0.1) is 21.7 Å². The summed E-state index contributed by atoms with van der Waals surface area (Å²) in [6.07, 6.45) is 1.42. The van der Waals surface area contributed by atoms with E-state index in [0.717, 1.165) is 12.8 Å². The monoisotopic (exact) mass is 356 g/mol. The molecule has 0 atom stereocenters. The lowest BCUT2D eigenvalue weighted by Gasteiger charge is -2.42. The number of alkyl carbamates (subject to hydrolysis) is 1. The van der Waals surface area contributed by atoms with Crippen LogP contribution in [0.15, 0.2) is 0 Å². The molecule has 0 unspecified atom stereocenters. The Morgan fingerprint density at radius 3 is 1.68 bits per heavy atom. The van der Waals surface area contributed by atoms with Gasteiger partial charge in [0.2, 0.25) is 0 Å². The van der Waals surface area contributed by atoms with Crippen LogP contribution in [0.2, 0.25) is 0 Å². The van der Waals surface area contributed by atoms with Gasteiger partial charge >= 0.3 is 6.09 Å². The quantitative estimate of drug-likeness (QED) is 0.615. The van der Waals surface area contributed by atoms with E-state index in [9.17, 15) is 4.79 Å². The molecule has 150 valence electrons. The van der Waals surface area contributed by atoms with Gasteiger partial charge in [0.05, 0.1) is 0 Å². The molecule has 0 bridgehead atoms. The molecule has 0 aliphatic heterocycles. The van der Waals surface area contributed by atoms with Gasteiger partial charge in [0, 0.05) is 6.54 Å². The average Bonchev–Trinajstić information content (AvgIpc) is 2.41. The topological polar surface area (TPSA) is 64.3 Å². The molecule has 0 aromatic carbocycles. The number of hydrogen-bond donors (Lipinski definition) is 2. The Balaban J connectivity index is 4.65. The second-order valence-electron chi connectivity index (χ2n) is 11.1. The van der Waals surface area contributed by atoms with Gasteiger partial charge in [0.1, 0.15) is 5.60 Å². The summed E-state index contributed by atoms with van der Waals surface area (Å²) in [4.78, 5) is 12.3. The first kappa shape index (κ1) is 24.2. The van der Waals surface area contributed by atoms with Crippen LogP contribution in [0.5, 0.6) is 0 Å². The number of ether oxygens (including phenoxy) is 1. The molecule has 0 saturated carbocycles. The van der Waals surface area contributed by atoms with Crippen molar-refractivity contribution >= 4 is 6.09 Å². The van der Waals surface area contributed by atoms with Crippen LogP contribution in [-0.4, -0.2) is 24.8 Å². The van der Waals surface area contributed by atoms with Crippen molar-refractivity contribution in [2.24, 2.45) is 27.4 Å². The Morgan fingerprint density at radius 1 is 0.800 bits per heavy atom. The lowest BCUT2D eigenvalue weighted by molar-refractivity contribution is 0.00666. The highest BCUT2D eigenvalue weighted by atomic mass is 16.6. The predicted octanol–water partition coefficient (Wildman–Crippen LogP) is 5.35. The molecule has 0 saturated heterocycles. The average molecular weight is 357 g/mol. The fraction of sp³-hybridized carbons (Fsp3) is 0.952. The van der Waals surface area contributed by atoms with Crippen LogP contribution < -0.4 is 11.1 Å². The summed E-state index contributed by atoms with van der Waals surface area (Å²) in [5.41, 5.74) is 5.64. The zero-order valence-electron chi connectivity index (χ0n) is 18.7. The van der Waals surface area contributed by atoms with Gasteiger partial charge in [-0.05, 0) is 54.9 Å². The second kappa shape index (κ2) is 7.85. The maximum absolute atomic E-state index is 12.3. The molecule has 4 heteroatoms. The molecule has 1 amide bonds. The van der Waals surface area contributed by atoms with Gasteiger partial charge in [-0.2, -0.15) is 0 Å². The Morgan fingerprint density at radius 2 is 1.28 bits per heavy atom. The molecule has 0 fully saturated rings. The summed E-state index contributed by atoms with van der Waals surface area (Å²) in [7, 11) is 0. The summed E-state index contributed by atoms with van der Waals surface area (Å²) in [5, 5.41) is 2.94. The Kier molecular flexibility index (Phi) is 7.61. The molecule has 0 radical (unpaired) electrons. The molecule has 25 heavy (non-hydrogen) atoms. The van der Waals surface area contributed by atoms with Gasteiger partial charge in [-0.3, -0.25) is 0 Å². The summed E-state index contributed by atoms with van der Waals surface area (Å²) >= 11 is 0. The molecule has 0 rings (SSSR count). The molecule has 0 aromatic rings. The number of nitrogens with two attached hydrogens (primary N) is 1. The van der Waals surface area contributed by atoms with Gasteiger partial charge < -0.3 is 15.8 Å². The molecular weight excluding hydrogens is 312 g/mol. The molecule has 3 N–H and O–H groups in total. The lowest BCUT2D eigenvalue weighted by atomic mass is 9.65. The molecule has 4 nitrogen and oxygen atoms in total. The van der Waals surface area contributed by atoms with Crippen molar-refractivity contribution in [2.75, 3.05) is 13.1 Å². The van der Waals surface area contributed by atoms with Crippen LogP contribution >= 0.6 is 0 Å². The maximum Gasteiger partial charge on any atom is 0.407 e. The van der Waals surface area contributed by atoms with Gasteiger partial charge in [0.25, 0.3) is 0 Å². The zero-order chi connectivity index (χ0) is 20.3. The van der Waals surface area contributed by atoms with Crippen molar-refractivity contribution < 1.29 is 9.53 Å². The summed E-state index contributed by atoms with van der Waals surface area (Å²) in [6.45, 7) is 24.9. The van der Waals surface area contributed by atoms with E-state index < -0.39 is 5.60 Å².